The molecule has 0 radical (unpaired) electrons. The molecule has 0 aromatic heterocycles. The van der Waals surface area contributed by atoms with E-state index >= 15 is 0 Å². The molecule has 0 N–H and O–H groups in total. The summed E-state index contributed by atoms with van der Waals surface area (Å²) < 4.78 is 12.0. The number of likely N-dealkylation sites (tertiary alicyclic amines) is 2. The molecule has 2 heterocycles. The van der Waals surface area contributed by atoms with E-state index < -0.39 is 0 Å². The summed E-state index contributed by atoms with van der Waals surface area (Å²) in [5, 5.41) is 0. The van der Waals surface area contributed by atoms with Crippen LogP contribution in [-0.4, -0.2) is 60.0 Å². The summed E-state index contributed by atoms with van der Waals surface area (Å²) in [4.78, 5) is 31.8. The maximum atomic E-state index is 13.0. The second kappa shape index (κ2) is 15.8. The number of carbonyl (C=O) groups is 2. The molecule has 6 nitrogen and oxygen atoms in total. The SMILES string of the molecule is O=C(CCCCCCC(=O)Oc1ccc2c(c1)[C@]13CCCC[C@H]1[C@H](C2)N(CC1CCC1)CC3)Oc1ccc2c(c1)[C@]13CCCC[C@H]1[C@H](C2)N(CC1CCC1)CC3. The van der Waals surface area contributed by atoms with Gasteiger partial charge >= 0.3 is 11.9 Å². The zero-order valence-electron chi connectivity index (χ0n) is 34.3. The van der Waals surface area contributed by atoms with Gasteiger partial charge in [0.15, 0.2) is 0 Å². The number of piperidine rings is 2. The van der Waals surface area contributed by atoms with Gasteiger partial charge in [0.1, 0.15) is 11.5 Å². The van der Waals surface area contributed by atoms with Gasteiger partial charge in [0.05, 0.1) is 0 Å². The number of carbonyl (C=O) groups excluding carboxylic acids is 2. The first-order chi connectivity index (χ1) is 27.5. The molecule has 4 bridgehead atoms. The highest BCUT2D eigenvalue weighted by atomic mass is 16.5. The van der Waals surface area contributed by atoms with Crippen molar-refractivity contribution in [1.29, 1.82) is 0 Å². The van der Waals surface area contributed by atoms with Gasteiger partial charge in [-0.25, -0.2) is 0 Å². The molecule has 4 saturated carbocycles. The minimum absolute atomic E-state index is 0.131. The summed E-state index contributed by atoms with van der Waals surface area (Å²) in [5.41, 5.74) is 6.54. The minimum Gasteiger partial charge on any atom is -0.427 e. The third-order valence-electron chi connectivity index (χ3n) is 17.3. The topological polar surface area (TPSA) is 59.1 Å². The first-order valence-corrected chi connectivity index (χ1v) is 23.6. The molecule has 2 aliphatic heterocycles. The normalized spacial score (nSPS) is 32.5. The molecule has 0 spiro atoms. The summed E-state index contributed by atoms with van der Waals surface area (Å²) in [6.45, 7) is 5.07. The van der Waals surface area contributed by atoms with Crippen molar-refractivity contribution in [2.75, 3.05) is 26.2 Å². The first-order valence-electron chi connectivity index (χ1n) is 23.6. The maximum absolute atomic E-state index is 13.0. The molecule has 0 amide bonds. The van der Waals surface area contributed by atoms with Crippen LogP contribution in [0.4, 0.5) is 0 Å². The highest BCUT2D eigenvalue weighted by Gasteiger charge is 2.55. The van der Waals surface area contributed by atoms with E-state index in [9.17, 15) is 9.59 Å². The standard InChI is InChI=1S/C50H68N2O4/c53-47(55-39-21-19-37-29-45-41-15-5-7-23-49(41,43(37)31-39)25-27-51(45)33-35-11-9-12-35)17-3-1-2-4-18-48(54)56-40-22-20-38-30-46-42-16-6-8-24-50(42,44(38)32-40)26-28-52(46)34-36-13-10-14-36/h19-22,31-32,35-36,41-42,45-46H,1-18,23-30,33-34H2/t41-,42-,45-,46-,49-,50-/m0/s1. The third kappa shape index (κ3) is 6.99. The van der Waals surface area contributed by atoms with Crippen LogP contribution in [-0.2, 0) is 33.3 Å². The molecule has 8 aliphatic rings. The van der Waals surface area contributed by atoms with Gasteiger partial charge in [0, 0.05) is 48.8 Å². The van der Waals surface area contributed by atoms with Crippen molar-refractivity contribution in [2.45, 2.75) is 177 Å². The van der Waals surface area contributed by atoms with E-state index in [4.69, 9.17) is 9.47 Å². The quantitative estimate of drug-likeness (QED) is 0.115. The predicted molar refractivity (Wildman–Crippen MR) is 221 cm³/mol. The van der Waals surface area contributed by atoms with E-state index in [0.29, 0.717) is 24.9 Å². The number of rotatable bonds is 13. The second-order valence-corrected chi connectivity index (χ2v) is 20.1. The first kappa shape index (κ1) is 37.6. The van der Waals surface area contributed by atoms with E-state index in [2.05, 4.69) is 46.2 Å². The smallest absolute Gasteiger partial charge is 0.311 e. The Morgan fingerprint density at radius 1 is 0.554 bits per heavy atom. The highest BCUT2D eigenvalue weighted by Crippen LogP contribution is 2.58. The number of benzene rings is 2. The summed E-state index contributed by atoms with van der Waals surface area (Å²) in [6, 6.07) is 14.6. The van der Waals surface area contributed by atoms with E-state index in [-0.39, 0.29) is 22.8 Å². The number of hydrogen-bond donors (Lipinski definition) is 0. The number of unbranched alkanes of at least 4 members (excludes halogenated alkanes) is 3. The van der Waals surface area contributed by atoms with Gasteiger partial charge in [-0.1, -0.05) is 63.5 Å². The van der Waals surface area contributed by atoms with E-state index in [1.807, 2.05) is 0 Å². The van der Waals surface area contributed by atoms with Gasteiger partial charge in [-0.15, -0.1) is 0 Å². The van der Waals surface area contributed by atoms with Crippen LogP contribution < -0.4 is 9.47 Å². The Bertz CT molecular complexity index is 1640. The zero-order valence-corrected chi connectivity index (χ0v) is 34.3. The molecule has 6 fully saturated rings. The van der Waals surface area contributed by atoms with E-state index in [1.165, 1.54) is 151 Å². The highest BCUT2D eigenvalue weighted by molar-refractivity contribution is 5.73. The fraction of sp³-hybridized carbons (Fsp3) is 0.720. The monoisotopic (exact) mass is 761 g/mol. The van der Waals surface area contributed by atoms with Gasteiger partial charge in [-0.2, -0.15) is 0 Å². The molecule has 0 unspecified atom stereocenters. The molecule has 10 rings (SSSR count). The van der Waals surface area contributed by atoms with Crippen LogP contribution in [0.25, 0.3) is 0 Å². The van der Waals surface area contributed by atoms with Gasteiger partial charge in [0.2, 0.25) is 0 Å². The van der Waals surface area contributed by atoms with Crippen LogP contribution in [0.2, 0.25) is 0 Å². The Labute approximate surface area is 336 Å². The molecule has 6 aliphatic carbocycles. The minimum atomic E-state index is -0.131. The average molecular weight is 761 g/mol. The van der Waals surface area contributed by atoms with Crippen molar-refractivity contribution in [1.82, 2.24) is 9.80 Å². The van der Waals surface area contributed by atoms with Crippen LogP contribution in [0.5, 0.6) is 11.5 Å². The van der Waals surface area contributed by atoms with E-state index in [0.717, 1.165) is 73.7 Å². The van der Waals surface area contributed by atoms with Crippen LogP contribution in [0.1, 0.15) is 164 Å². The number of nitrogens with zero attached hydrogens (tertiary/aromatic N) is 2. The third-order valence-corrected chi connectivity index (χ3v) is 17.3. The van der Waals surface area contributed by atoms with Crippen LogP contribution in [0, 0.1) is 23.7 Å². The van der Waals surface area contributed by atoms with Crippen molar-refractivity contribution in [3.05, 3.63) is 58.7 Å². The van der Waals surface area contributed by atoms with Crippen LogP contribution in [0.3, 0.4) is 0 Å². The fourth-order valence-electron chi connectivity index (χ4n) is 14.0. The molecule has 2 saturated heterocycles. The summed E-state index contributed by atoms with van der Waals surface area (Å²) >= 11 is 0. The molecule has 302 valence electrons. The lowest BCUT2D eigenvalue weighted by Crippen LogP contribution is -2.61. The Hall–Kier alpha value is -2.70. The lowest BCUT2D eigenvalue weighted by atomic mass is 9.52. The van der Waals surface area contributed by atoms with Gasteiger partial charge in [-0.3, -0.25) is 19.4 Å². The van der Waals surface area contributed by atoms with Gasteiger partial charge in [0.25, 0.3) is 0 Å². The lowest BCUT2D eigenvalue weighted by Gasteiger charge is -2.59. The predicted octanol–water partition coefficient (Wildman–Crippen LogP) is 10.3. The summed E-state index contributed by atoms with van der Waals surface area (Å²) in [6.07, 6.45) is 28.3. The van der Waals surface area contributed by atoms with E-state index in [1.54, 1.807) is 0 Å². The molecular formula is C50H68N2O4. The molecule has 2 aromatic rings. The van der Waals surface area contributed by atoms with Crippen LogP contribution in [0.15, 0.2) is 36.4 Å². The fourth-order valence-corrected chi connectivity index (χ4v) is 14.0. The lowest BCUT2D eigenvalue weighted by molar-refractivity contribution is -0.135. The van der Waals surface area contributed by atoms with Crippen molar-refractivity contribution in [3.8, 4) is 11.5 Å². The maximum Gasteiger partial charge on any atom is 0.311 e. The number of hydrogen-bond acceptors (Lipinski definition) is 6. The molecular weight excluding hydrogens is 693 g/mol. The Morgan fingerprint density at radius 3 is 1.45 bits per heavy atom. The molecule has 6 heteroatoms. The van der Waals surface area contributed by atoms with Gasteiger partial charge < -0.3 is 9.47 Å². The zero-order chi connectivity index (χ0) is 37.7. The summed E-state index contributed by atoms with van der Waals surface area (Å²) in [7, 11) is 0. The Balaban J connectivity index is 0.686. The second-order valence-electron chi connectivity index (χ2n) is 20.1. The molecule has 2 aromatic carbocycles. The Morgan fingerprint density at radius 2 is 1.02 bits per heavy atom. The van der Waals surface area contributed by atoms with Crippen molar-refractivity contribution in [2.24, 2.45) is 23.7 Å². The summed E-state index contributed by atoms with van der Waals surface area (Å²) in [5.74, 6) is 4.55. The van der Waals surface area contributed by atoms with Gasteiger partial charge in [-0.05, 0) is 173 Å². The van der Waals surface area contributed by atoms with Crippen LogP contribution >= 0.6 is 0 Å². The number of esters is 2. The Kier molecular flexibility index (Phi) is 10.6. The average Bonchev–Trinajstić information content (AvgIpc) is 3.17. The molecule has 56 heavy (non-hydrogen) atoms. The van der Waals surface area contributed by atoms with Crippen molar-refractivity contribution < 1.29 is 19.1 Å². The number of fused-ring (bicyclic) bond motifs is 2. The van der Waals surface area contributed by atoms with Crippen molar-refractivity contribution in [3.63, 3.8) is 0 Å². The number of ether oxygens (including phenoxy) is 2. The molecule has 6 atom stereocenters. The van der Waals surface area contributed by atoms with Crippen molar-refractivity contribution >= 4 is 11.9 Å². The largest absolute Gasteiger partial charge is 0.427 e.